The summed E-state index contributed by atoms with van der Waals surface area (Å²) in [5.41, 5.74) is 0. The molecule has 132 valence electrons. The van der Waals surface area contributed by atoms with Gasteiger partial charge in [-0.15, -0.1) is 0 Å². The maximum atomic E-state index is 11.8. The van der Waals surface area contributed by atoms with Gasteiger partial charge in [0.2, 0.25) is 15.9 Å². The van der Waals surface area contributed by atoms with Gasteiger partial charge in [-0.1, -0.05) is 0 Å². The van der Waals surface area contributed by atoms with E-state index in [1.54, 1.807) is 0 Å². The van der Waals surface area contributed by atoms with Crippen LogP contribution >= 0.6 is 0 Å². The van der Waals surface area contributed by atoms with Crippen LogP contribution in [-0.4, -0.2) is 79.6 Å². The van der Waals surface area contributed by atoms with Crippen molar-refractivity contribution in [3.63, 3.8) is 0 Å². The molecule has 0 radical (unpaired) electrons. The minimum absolute atomic E-state index is 0.00374. The Balaban J connectivity index is 1.74. The standard InChI is InChI=1S/C14H25N3O5S/c1-16(23(2,21)22)8-13(18)15-11-5-12(6-11)17(9-14(19)20)7-10-3-4-10/h10-12H,3-9H2,1-2H3,(H,15,18)(H,19,20). The maximum Gasteiger partial charge on any atom is 0.317 e. The molecule has 23 heavy (non-hydrogen) atoms. The summed E-state index contributed by atoms with van der Waals surface area (Å²) in [5, 5.41) is 11.8. The van der Waals surface area contributed by atoms with Gasteiger partial charge in [0.1, 0.15) is 0 Å². The van der Waals surface area contributed by atoms with Gasteiger partial charge in [-0.2, -0.15) is 4.31 Å². The summed E-state index contributed by atoms with van der Waals surface area (Å²) < 4.78 is 23.5. The molecule has 0 bridgehead atoms. The van der Waals surface area contributed by atoms with Gasteiger partial charge in [0.15, 0.2) is 0 Å². The normalized spacial score (nSPS) is 24.5. The number of carboxylic acid groups (broad SMARTS) is 1. The highest BCUT2D eigenvalue weighted by Crippen LogP contribution is 2.33. The molecule has 8 nitrogen and oxygen atoms in total. The van der Waals surface area contributed by atoms with Gasteiger partial charge < -0.3 is 10.4 Å². The Morgan fingerprint density at radius 2 is 1.83 bits per heavy atom. The third-order valence-electron chi connectivity index (χ3n) is 4.46. The first-order valence-corrected chi connectivity index (χ1v) is 9.66. The fraction of sp³-hybridized carbons (Fsp3) is 0.857. The van der Waals surface area contributed by atoms with Gasteiger partial charge in [0.05, 0.1) is 19.3 Å². The Morgan fingerprint density at radius 3 is 2.30 bits per heavy atom. The van der Waals surface area contributed by atoms with Crippen molar-refractivity contribution in [1.82, 2.24) is 14.5 Å². The second kappa shape index (κ2) is 7.14. The number of likely N-dealkylation sites (N-methyl/N-ethyl adjacent to an activating group) is 1. The molecule has 0 atom stereocenters. The Hall–Kier alpha value is -1.19. The molecule has 0 aromatic rings. The molecule has 1 amide bonds. The van der Waals surface area contributed by atoms with Gasteiger partial charge in [-0.3, -0.25) is 14.5 Å². The molecule has 0 heterocycles. The fourth-order valence-corrected chi connectivity index (χ4v) is 3.10. The van der Waals surface area contributed by atoms with Crippen LogP contribution in [-0.2, 0) is 19.6 Å². The second-order valence-electron chi connectivity index (χ2n) is 6.68. The van der Waals surface area contributed by atoms with E-state index in [-0.39, 0.29) is 31.1 Å². The van der Waals surface area contributed by atoms with E-state index in [2.05, 4.69) is 5.32 Å². The average molecular weight is 347 g/mol. The summed E-state index contributed by atoms with van der Waals surface area (Å²) in [4.78, 5) is 24.8. The number of carbonyl (C=O) groups is 2. The predicted molar refractivity (Wildman–Crippen MR) is 84.4 cm³/mol. The first-order valence-electron chi connectivity index (χ1n) is 7.81. The van der Waals surface area contributed by atoms with Crippen LogP contribution < -0.4 is 5.32 Å². The topological polar surface area (TPSA) is 107 Å². The van der Waals surface area contributed by atoms with E-state index in [9.17, 15) is 18.0 Å². The van der Waals surface area contributed by atoms with Crippen LogP contribution in [0.15, 0.2) is 0 Å². The highest BCUT2D eigenvalue weighted by molar-refractivity contribution is 7.88. The highest BCUT2D eigenvalue weighted by atomic mass is 32.2. The van der Waals surface area contributed by atoms with Gasteiger partial charge in [0.25, 0.3) is 0 Å². The van der Waals surface area contributed by atoms with Gasteiger partial charge in [-0.25, -0.2) is 8.42 Å². The number of hydrogen-bond acceptors (Lipinski definition) is 5. The number of nitrogens with zero attached hydrogens (tertiary/aromatic N) is 2. The van der Waals surface area contributed by atoms with Gasteiger partial charge >= 0.3 is 5.97 Å². The molecule has 2 rings (SSSR count). The average Bonchev–Trinajstić information content (AvgIpc) is 3.14. The summed E-state index contributed by atoms with van der Waals surface area (Å²) in [6, 6.07) is 0.181. The van der Waals surface area contributed by atoms with Crippen molar-refractivity contribution in [2.45, 2.75) is 37.8 Å². The molecule has 0 aromatic carbocycles. The van der Waals surface area contributed by atoms with E-state index >= 15 is 0 Å². The zero-order chi connectivity index (χ0) is 17.2. The van der Waals surface area contributed by atoms with Crippen molar-refractivity contribution in [3.8, 4) is 0 Å². The number of sulfonamides is 1. The fourth-order valence-electron chi connectivity index (χ4n) is 2.75. The third kappa shape index (κ3) is 5.74. The zero-order valence-electron chi connectivity index (χ0n) is 13.6. The number of nitrogens with one attached hydrogen (secondary N) is 1. The molecule has 0 saturated heterocycles. The first kappa shape index (κ1) is 18.2. The molecule has 2 N–H and O–H groups in total. The lowest BCUT2D eigenvalue weighted by Crippen LogP contribution is -2.56. The first-order chi connectivity index (χ1) is 10.6. The Kier molecular flexibility index (Phi) is 5.64. The molecular weight excluding hydrogens is 322 g/mol. The minimum Gasteiger partial charge on any atom is -0.480 e. The number of rotatable bonds is 9. The molecule has 2 fully saturated rings. The Labute approximate surface area is 136 Å². The second-order valence-corrected chi connectivity index (χ2v) is 8.76. The van der Waals surface area contributed by atoms with Crippen LogP contribution in [0.3, 0.4) is 0 Å². The van der Waals surface area contributed by atoms with Crippen molar-refractivity contribution in [1.29, 1.82) is 0 Å². The van der Waals surface area contributed by atoms with Crippen LogP contribution in [0, 0.1) is 5.92 Å². The maximum absolute atomic E-state index is 11.8. The van der Waals surface area contributed by atoms with E-state index in [1.807, 2.05) is 4.90 Å². The number of carboxylic acids is 1. The molecular formula is C14H25N3O5S. The summed E-state index contributed by atoms with van der Waals surface area (Å²) >= 11 is 0. The summed E-state index contributed by atoms with van der Waals surface area (Å²) in [7, 11) is -2.00. The highest BCUT2D eigenvalue weighted by Gasteiger charge is 2.37. The number of hydrogen-bond donors (Lipinski definition) is 2. The molecule has 0 aromatic heterocycles. The SMILES string of the molecule is CN(CC(=O)NC1CC(N(CC(=O)O)CC2CC2)C1)S(C)(=O)=O. The van der Waals surface area contributed by atoms with Crippen LogP contribution in [0.2, 0.25) is 0 Å². The lowest BCUT2D eigenvalue weighted by molar-refractivity contribution is -0.140. The smallest absolute Gasteiger partial charge is 0.317 e. The molecule has 0 spiro atoms. The van der Waals surface area contributed by atoms with Crippen LogP contribution in [0.25, 0.3) is 0 Å². The molecule has 2 aliphatic carbocycles. The molecule has 2 aliphatic rings. The predicted octanol–water partition coefficient (Wildman–Crippen LogP) is -0.678. The van der Waals surface area contributed by atoms with Crippen LogP contribution in [0.4, 0.5) is 0 Å². The molecule has 9 heteroatoms. The quantitative estimate of drug-likeness (QED) is 0.572. The Bertz CT molecular complexity index is 555. The van der Waals surface area contributed by atoms with Crippen molar-refractivity contribution < 1.29 is 23.1 Å². The van der Waals surface area contributed by atoms with E-state index in [0.717, 1.165) is 17.1 Å². The van der Waals surface area contributed by atoms with Crippen LogP contribution in [0.1, 0.15) is 25.7 Å². The summed E-state index contributed by atoms with van der Waals surface area (Å²) in [5.74, 6) is -0.535. The molecule has 2 saturated carbocycles. The van der Waals surface area contributed by atoms with Crippen molar-refractivity contribution in [2.24, 2.45) is 5.92 Å². The van der Waals surface area contributed by atoms with Crippen LogP contribution in [0.5, 0.6) is 0 Å². The monoisotopic (exact) mass is 347 g/mol. The van der Waals surface area contributed by atoms with Crippen molar-refractivity contribution >= 4 is 21.9 Å². The third-order valence-corrected chi connectivity index (χ3v) is 5.72. The number of aliphatic carboxylic acids is 1. The van der Waals surface area contributed by atoms with Gasteiger partial charge in [0, 0.05) is 25.7 Å². The van der Waals surface area contributed by atoms with Crippen molar-refractivity contribution in [2.75, 3.05) is 32.9 Å². The minimum atomic E-state index is -3.37. The lowest BCUT2D eigenvalue weighted by atomic mass is 9.85. The number of amides is 1. The van der Waals surface area contributed by atoms with E-state index < -0.39 is 16.0 Å². The summed E-state index contributed by atoms with van der Waals surface area (Å²) in [6.07, 6.45) is 4.83. The van der Waals surface area contributed by atoms with E-state index in [0.29, 0.717) is 18.8 Å². The number of carbonyl (C=O) groups excluding carboxylic acids is 1. The molecule has 0 aliphatic heterocycles. The largest absolute Gasteiger partial charge is 0.480 e. The van der Waals surface area contributed by atoms with Crippen molar-refractivity contribution in [3.05, 3.63) is 0 Å². The van der Waals surface area contributed by atoms with E-state index in [4.69, 9.17) is 5.11 Å². The molecule has 0 unspecified atom stereocenters. The Morgan fingerprint density at radius 1 is 1.22 bits per heavy atom. The lowest BCUT2D eigenvalue weighted by Gasteiger charge is -2.42. The van der Waals surface area contributed by atoms with E-state index in [1.165, 1.54) is 19.9 Å². The summed E-state index contributed by atoms with van der Waals surface area (Å²) in [6.45, 7) is 0.661. The van der Waals surface area contributed by atoms with Gasteiger partial charge in [-0.05, 0) is 31.6 Å². The zero-order valence-corrected chi connectivity index (χ0v) is 14.4.